The number of cyclic esters (lactones) is 1. The molecule has 27 heavy (non-hydrogen) atoms. The monoisotopic (exact) mass is 368 g/mol. The van der Waals surface area contributed by atoms with Gasteiger partial charge in [-0.05, 0) is 24.6 Å². The Balaban J connectivity index is 1.57. The maximum Gasteiger partial charge on any atom is 0.413 e. The molecule has 1 aliphatic heterocycles. The molecule has 0 unspecified atom stereocenters. The van der Waals surface area contributed by atoms with Crippen LogP contribution in [0.5, 0.6) is 0 Å². The number of rotatable bonds is 5. The van der Waals surface area contributed by atoms with E-state index in [2.05, 4.69) is 5.32 Å². The Morgan fingerprint density at radius 1 is 1.15 bits per heavy atom. The van der Waals surface area contributed by atoms with Crippen LogP contribution in [0, 0.1) is 6.92 Å². The molecule has 2 aromatic carbocycles. The third-order valence-electron chi connectivity index (χ3n) is 4.15. The van der Waals surface area contributed by atoms with Crippen LogP contribution in [0.25, 0.3) is 0 Å². The maximum atomic E-state index is 12.3. The number of anilines is 1. The van der Waals surface area contributed by atoms with Gasteiger partial charge in [-0.15, -0.1) is 0 Å². The van der Waals surface area contributed by atoms with Gasteiger partial charge in [-0.3, -0.25) is 9.69 Å². The molecule has 140 valence electrons. The van der Waals surface area contributed by atoms with Gasteiger partial charge in [-0.2, -0.15) is 0 Å². The van der Waals surface area contributed by atoms with E-state index in [1.165, 1.54) is 0 Å². The molecule has 3 rings (SSSR count). The standard InChI is InChI=1S/C20H20N2O5/c1-14-7-9-16(10-8-14)21-18(23)11-17-19(24)27-13-22(17)20(25)26-12-15-5-3-2-4-6-15/h2-10,17H,11-13H2,1H3,(H,21,23)/t17-/m0/s1. The molecule has 0 spiro atoms. The molecule has 7 nitrogen and oxygen atoms in total. The highest BCUT2D eigenvalue weighted by Crippen LogP contribution is 2.18. The topological polar surface area (TPSA) is 84.9 Å². The van der Waals surface area contributed by atoms with Crippen molar-refractivity contribution < 1.29 is 23.9 Å². The number of hydrogen-bond acceptors (Lipinski definition) is 5. The number of benzene rings is 2. The minimum Gasteiger partial charge on any atom is -0.444 e. The second-order valence-corrected chi connectivity index (χ2v) is 6.24. The van der Waals surface area contributed by atoms with Gasteiger partial charge in [0.25, 0.3) is 0 Å². The number of amides is 2. The zero-order valence-electron chi connectivity index (χ0n) is 14.9. The highest BCUT2D eigenvalue weighted by atomic mass is 16.6. The van der Waals surface area contributed by atoms with Gasteiger partial charge >= 0.3 is 12.1 Å². The lowest BCUT2D eigenvalue weighted by atomic mass is 10.1. The van der Waals surface area contributed by atoms with Crippen LogP contribution in [0.3, 0.4) is 0 Å². The molecular formula is C20H20N2O5. The van der Waals surface area contributed by atoms with E-state index in [0.717, 1.165) is 16.0 Å². The van der Waals surface area contributed by atoms with E-state index in [1.807, 2.05) is 49.4 Å². The number of carbonyl (C=O) groups is 3. The van der Waals surface area contributed by atoms with E-state index >= 15 is 0 Å². The van der Waals surface area contributed by atoms with Crippen LogP contribution < -0.4 is 5.32 Å². The Morgan fingerprint density at radius 2 is 1.85 bits per heavy atom. The molecule has 7 heteroatoms. The summed E-state index contributed by atoms with van der Waals surface area (Å²) in [6, 6.07) is 15.5. The summed E-state index contributed by atoms with van der Waals surface area (Å²) in [5.41, 5.74) is 2.51. The average molecular weight is 368 g/mol. The molecule has 1 fully saturated rings. The third-order valence-corrected chi connectivity index (χ3v) is 4.15. The van der Waals surface area contributed by atoms with Gasteiger partial charge in [0, 0.05) is 5.69 Å². The minimum atomic E-state index is -1.00. The third kappa shape index (κ3) is 4.84. The van der Waals surface area contributed by atoms with Crippen LogP contribution in [-0.4, -0.2) is 35.6 Å². The van der Waals surface area contributed by atoms with Crippen LogP contribution in [0.15, 0.2) is 54.6 Å². The van der Waals surface area contributed by atoms with E-state index in [0.29, 0.717) is 5.69 Å². The summed E-state index contributed by atoms with van der Waals surface area (Å²) < 4.78 is 10.2. The van der Waals surface area contributed by atoms with Crippen LogP contribution in [-0.2, 0) is 25.7 Å². The van der Waals surface area contributed by atoms with E-state index < -0.39 is 18.1 Å². The van der Waals surface area contributed by atoms with Crippen molar-refractivity contribution in [2.24, 2.45) is 0 Å². The summed E-state index contributed by atoms with van der Waals surface area (Å²) in [7, 11) is 0. The Labute approximate surface area is 156 Å². The van der Waals surface area contributed by atoms with Crippen LogP contribution in [0.4, 0.5) is 10.5 Å². The fraction of sp³-hybridized carbons (Fsp3) is 0.250. The van der Waals surface area contributed by atoms with E-state index in [1.54, 1.807) is 12.1 Å². The number of nitrogens with zero attached hydrogens (tertiary/aromatic N) is 1. The maximum absolute atomic E-state index is 12.3. The molecule has 0 aromatic heterocycles. The summed E-state index contributed by atoms with van der Waals surface area (Å²) in [4.78, 5) is 37.6. The number of hydrogen-bond donors (Lipinski definition) is 1. The van der Waals surface area contributed by atoms with Crippen LogP contribution in [0.2, 0.25) is 0 Å². The highest BCUT2D eigenvalue weighted by molar-refractivity contribution is 5.96. The zero-order chi connectivity index (χ0) is 19.2. The van der Waals surface area contributed by atoms with Crippen molar-refractivity contribution in [1.82, 2.24) is 4.90 Å². The molecule has 1 saturated heterocycles. The average Bonchev–Trinajstić information content (AvgIpc) is 3.03. The molecule has 2 aromatic rings. The predicted molar refractivity (Wildman–Crippen MR) is 97.6 cm³/mol. The van der Waals surface area contributed by atoms with Gasteiger partial charge < -0.3 is 14.8 Å². The molecule has 1 aliphatic rings. The fourth-order valence-corrected chi connectivity index (χ4v) is 2.65. The van der Waals surface area contributed by atoms with E-state index in [-0.39, 0.29) is 25.7 Å². The van der Waals surface area contributed by atoms with Crippen molar-refractivity contribution in [3.05, 3.63) is 65.7 Å². The number of nitrogens with one attached hydrogen (secondary N) is 1. The van der Waals surface area contributed by atoms with Crippen molar-refractivity contribution in [2.75, 3.05) is 12.0 Å². The summed E-state index contributed by atoms with van der Waals surface area (Å²) in [5.74, 6) is -1.01. The largest absolute Gasteiger partial charge is 0.444 e. The van der Waals surface area contributed by atoms with E-state index in [4.69, 9.17) is 9.47 Å². The Bertz CT molecular complexity index is 820. The number of esters is 1. The molecule has 0 aliphatic carbocycles. The van der Waals surface area contributed by atoms with Gasteiger partial charge in [0.2, 0.25) is 5.91 Å². The summed E-state index contributed by atoms with van der Waals surface area (Å²) in [6.45, 7) is 1.79. The first-order valence-electron chi connectivity index (χ1n) is 8.53. The quantitative estimate of drug-likeness (QED) is 0.821. The molecule has 1 heterocycles. The molecular weight excluding hydrogens is 348 g/mol. The van der Waals surface area contributed by atoms with Crippen LogP contribution in [0.1, 0.15) is 17.5 Å². The lowest BCUT2D eigenvalue weighted by Gasteiger charge is -2.19. The number of aryl methyl sites for hydroxylation is 1. The summed E-state index contributed by atoms with van der Waals surface area (Å²) in [5, 5.41) is 2.71. The lowest BCUT2D eigenvalue weighted by Crippen LogP contribution is -2.40. The molecule has 1 atom stereocenters. The smallest absolute Gasteiger partial charge is 0.413 e. The first kappa shape index (κ1) is 18.4. The van der Waals surface area contributed by atoms with Crippen molar-refractivity contribution in [2.45, 2.75) is 26.0 Å². The number of carbonyl (C=O) groups excluding carboxylic acids is 3. The minimum absolute atomic E-state index is 0.0760. The highest BCUT2D eigenvalue weighted by Gasteiger charge is 2.40. The van der Waals surface area contributed by atoms with Crippen molar-refractivity contribution in [3.8, 4) is 0 Å². The van der Waals surface area contributed by atoms with Gasteiger partial charge in [0.15, 0.2) is 6.73 Å². The Hall–Kier alpha value is -3.35. The van der Waals surface area contributed by atoms with Gasteiger partial charge in [-0.1, -0.05) is 48.0 Å². The summed E-state index contributed by atoms with van der Waals surface area (Å²) >= 11 is 0. The molecule has 0 saturated carbocycles. The normalized spacial score (nSPS) is 16.0. The van der Waals surface area contributed by atoms with Crippen molar-refractivity contribution in [3.63, 3.8) is 0 Å². The summed E-state index contributed by atoms with van der Waals surface area (Å²) in [6.07, 6.45) is -0.898. The molecule has 0 radical (unpaired) electrons. The first-order valence-corrected chi connectivity index (χ1v) is 8.53. The second kappa shape index (κ2) is 8.35. The lowest BCUT2D eigenvalue weighted by molar-refractivity contribution is -0.140. The van der Waals surface area contributed by atoms with E-state index in [9.17, 15) is 14.4 Å². The Morgan fingerprint density at radius 3 is 2.56 bits per heavy atom. The van der Waals surface area contributed by atoms with Crippen LogP contribution >= 0.6 is 0 Å². The van der Waals surface area contributed by atoms with Gasteiger partial charge in [-0.25, -0.2) is 9.59 Å². The zero-order valence-corrected chi connectivity index (χ0v) is 14.9. The predicted octanol–water partition coefficient (Wildman–Crippen LogP) is 2.85. The van der Waals surface area contributed by atoms with Crippen molar-refractivity contribution >= 4 is 23.7 Å². The molecule has 2 amide bonds. The van der Waals surface area contributed by atoms with Crippen molar-refractivity contribution in [1.29, 1.82) is 0 Å². The first-order chi connectivity index (χ1) is 13.0. The molecule has 0 bridgehead atoms. The van der Waals surface area contributed by atoms with Gasteiger partial charge in [0.05, 0.1) is 6.42 Å². The number of ether oxygens (including phenoxy) is 2. The molecule has 1 N–H and O–H groups in total. The van der Waals surface area contributed by atoms with Gasteiger partial charge in [0.1, 0.15) is 12.6 Å². The SMILES string of the molecule is Cc1ccc(NC(=O)C[C@H]2C(=O)OCN2C(=O)OCc2ccccc2)cc1. The Kier molecular flexibility index (Phi) is 5.71. The second-order valence-electron chi connectivity index (χ2n) is 6.24. The fourth-order valence-electron chi connectivity index (χ4n) is 2.65.